The molecule has 0 amide bonds. The monoisotopic (exact) mass is 223 g/mol. The third kappa shape index (κ3) is 6.55. The molecule has 0 aromatic carbocycles. The fraction of sp³-hybridized carbons (Fsp3) is 1.00. The molecular weight excluding hydrogens is 201 g/mol. The second-order valence-corrected chi connectivity index (χ2v) is 5.60. The zero-order valence-corrected chi connectivity index (χ0v) is 10.3. The Morgan fingerprint density at radius 3 is 2.50 bits per heavy atom. The molecule has 0 spiro atoms. The van der Waals surface area contributed by atoms with Crippen molar-refractivity contribution in [3.05, 3.63) is 0 Å². The van der Waals surface area contributed by atoms with Crippen molar-refractivity contribution in [3.63, 3.8) is 0 Å². The zero-order chi connectivity index (χ0) is 11.0. The largest absolute Gasteiger partial charge is 0.343 e. The molecule has 5 heteroatoms. The van der Waals surface area contributed by atoms with E-state index in [0.29, 0.717) is 12.5 Å². The summed E-state index contributed by atoms with van der Waals surface area (Å²) in [5, 5.41) is 0. The molecule has 14 heavy (non-hydrogen) atoms. The van der Waals surface area contributed by atoms with Crippen LogP contribution in [0.15, 0.2) is 0 Å². The highest BCUT2D eigenvalue weighted by Crippen LogP contribution is 2.42. The van der Waals surface area contributed by atoms with Crippen molar-refractivity contribution < 1.29 is 13.7 Å². The summed E-state index contributed by atoms with van der Waals surface area (Å²) < 4.78 is 20.7. The fourth-order valence-corrected chi connectivity index (χ4v) is 1.71. The summed E-state index contributed by atoms with van der Waals surface area (Å²) in [6.45, 7) is 6.12. The molecule has 0 rings (SSSR count). The summed E-state index contributed by atoms with van der Waals surface area (Å²) in [6, 6.07) is 0. The van der Waals surface area contributed by atoms with Crippen LogP contribution in [0.5, 0.6) is 0 Å². The van der Waals surface area contributed by atoms with Crippen LogP contribution < -0.4 is 5.90 Å². The minimum Gasteiger partial charge on any atom is -0.308 e. The van der Waals surface area contributed by atoms with Crippen molar-refractivity contribution in [2.75, 3.05) is 13.3 Å². The van der Waals surface area contributed by atoms with Crippen LogP contribution in [0.25, 0.3) is 0 Å². The smallest absolute Gasteiger partial charge is 0.308 e. The van der Waals surface area contributed by atoms with Gasteiger partial charge in [0.1, 0.15) is 0 Å². The van der Waals surface area contributed by atoms with Crippen molar-refractivity contribution in [1.82, 2.24) is 0 Å². The summed E-state index contributed by atoms with van der Waals surface area (Å²) in [5.74, 6) is 5.30. The second-order valence-electron chi connectivity index (χ2n) is 3.59. The van der Waals surface area contributed by atoms with Crippen molar-refractivity contribution in [2.45, 2.75) is 39.5 Å². The first-order valence-electron chi connectivity index (χ1n) is 5.16. The van der Waals surface area contributed by atoms with Gasteiger partial charge in [-0.2, -0.15) is 0 Å². The van der Waals surface area contributed by atoms with Crippen molar-refractivity contribution >= 4 is 7.60 Å². The number of rotatable bonds is 8. The summed E-state index contributed by atoms with van der Waals surface area (Å²) in [4.78, 5) is 0. The van der Waals surface area contributed by atoms with Gasteiger partial charge in [0.05, 0.1) is 6.61 Å². The summed E-state index contributed by atoms with van der Waals surface area (Å²) in [6.07, 6.45) is 4.50. The molecule has 4 nitrogen and oxygen atoms in total. The molecule has 2 unspecified atom stereocenters. The van der Waals surface area contributed by atoms with Crippen LogP contribution in [0, 0.1) is 5.92 Å². The quantitative estimate of drug-likeness (QED) is 0.507. The van der Waals surface area contributed by atoms with E-state index in [2.05, 4.69) is 18.5 Å². The molecule has 0 saturated heterocycles. The molecule has 0 aliphatic rings. The Labute approximate surface area is 86.6 Å². The minimum atomic E-state index is -2.99. The van der Waals surface area contributed by atoms with Crippen LogP contribution in [-0.4, -0.2) is 13.3 Å². The third-order valence-corrected chi connectivity index (χ3v) is 3.28. The van der Waals surface area contributed by atoms with Crippen LogP contribution in [0.3, 0.4) is 0 Å². The average Bonchev–Trinajstić information content (AvgIpc) is 2.18. The first-order valence-corrected chi connectivity index (χ1v) is 7.15. The Balaban J connectivity index is 3.77. The van der Waals surface area contributed by atoms with E-state index in [0.717, 1.165) is 12.8 Å². The van der Waals surface area contributed by atoms with E-state index in [1.165, 1.54) is 19.5 Å². The molecule has 0 fully saturated rings. The highest BCUT2D eigenvalue weighted by molar-refractivity contribution is 7.52. The van der Waals surface area contributed by atoms with E-state index in [1.54, 1.807) is 0 Å². The van der Waals surface area contributed by atoms with E-state index in [1.807, 2.05) is 0 Å². The van der Waals surface area contributed by atoms with E-state index in [9.17, 15) is 4.57 Å². The molecule has 0 aromatic heterocycles. The van der Waals surface area contributed by atoms with E-state index in [4.69, 9.17) is 10.4 Å². The lowest BCUT2D eigenvalue weighted by atomic mass is 10.0. The summed E-state index contributed by atoms with van der Waals surface area (Å²) >= 11 is 0. The van der Waals surface area contributed by atoms with Gasteiger partial charge in [0.25, 0.3) is 0 Å². The first-order chi connectivity index (χ1) is 6.55. The Morgan fingerprint density at radius 1 is 1.43 bits per heavy atom. The van der Waals surface area contributed by atoms with Gasteiger partial charge in [0.15, 0.2) is 0 Å². The van der Waals surface area contributed by atoms with Crippen LogP contribution in [0.1, 0.15) is 39.5 Å². The number of unbranched alkanes of at least 4 members (excludes halogenated alkanes) is 1. The number of hydrogen-bond acceptors (Lipinski definition) is 4. The number of hydrogen-bond donors (Lipinski definition) is 1. The molecule has 0 aliphatic heterocycles. The van der Waals surface area contributed by atoms with Gasteiger partial charge in [-0.1, -0.05) is 33.1 Å². The molecule has 0 bridgehead atoms. The van der Waals surface area contributed by atoms with Crippen molar-refractivity contribution in [3.8, 4) is 0 Å². The third-order valence-electron chi connectivity index (χ3n) is 2.28. The Morgan fingerprint density at radius 2 is 2.07 bits per heavy atom. The van der Waals surface area contributed by atoms with Crippen molar-refractivity contribution in [2.24, 2.45) is 11.8 Å². The van der Waals surface area contributed by atoms with E-state index < -0.39 is 7.60 Å². The van der Waals surface area contributed by atoms with Gasteiger partial charge in [-0.15, -0.1) is 0 Å². The molecular formula is C9H22NO3P. The predicted octanol–water partition coefficient (Wildman–Crippen LogP) is 2.93. The maximum Gasteiger partial charge on any atom is 0.343 e. The van der Waals surface area contributed by atoms with Crippen LogP contribution >= 0.6 is 7.60 Å². The van der Waals surface area contributed by atoms with Gasteiger partial charge in [-0.05, 0) is 12.3 Å². The predicted molar refractivity (Wildman–Crippen MR) is 58.1 cm³/mol. The Hall–Kier alpha value is 0.110. The maximum atomic E-state index is 11.3. The fourth-order valence-electron chi connectivity index (χ4n) is 1.17. The van der Waals surface area contributed by atoms with E-state index in [-0.39, 0.29) is 0 Å². The van der Waals surface area contributed by atoms with Gasteiger partial charge in [0, 0.05) is 6.66 Å². The normalized spacial score (nSPS) is 17.7. The zero-order valence-electron chi connectivity index (χ0n) is 9.36. The molecule has 0 aromatic rings. The lowest BCUT2D eigenvalue weighted by molar-refractivity contribution is 0.177. The summed E-state index contributed by atoms with van der Waals surface area (Å²) in [5.41, 5.74) is 0. The molecule has 0 aliphatic carbocycles. The van der Waals surface area contributed by atoms with Crippen LogP contribution in [0.2, 0.25) is 0 Å². The van der Waals surface area contributed by atoms with Crippen molar-refractivity contribution in [1.29, 1.82) is 0 Å². The average molecular weight is 223 g/mol. The number of nitrogens with two attached hydrogens (primary N) is 1. The Kier molecular flexibility index (Phi) is 7.47. The highest BCUT2D eigenvalue weighted by Gasteiger charge is 2.17. The standard InChI is InChI=1S/C9H22NO3P/c1-4-6-7-9(5-2)8-12-14(3,11)13-10/h9H,4-8,10H2,1-3H3. The van der Waals surface area contributed by atoms with Gasteiger partial charge < -0.3 is 4.52 Å². The van der Waals surface area contributed by atoms with Crippen LogP contribution in [0.4, 0.5) is 0 Å². The first kappa shape index (κ1) is 14.1. The molecule has 0 saturated carbocycles. The van der Waals surface area contributed by atoms with Gasteiger partial charge in [0.2, 0.25) is 0 Å². The molecule has 0 radical (unpaired) electrons. The lowest BCUT2D eigenvalue weighted by Gasteiger charge is -2.17. The molecule has 2 atom stereocenters. The lowest BCUT2D eigenvalue weighted by Crippen LogP contribution is -2.09. The SMILES string of the molecule is CCCCC(CC)COP(C)(=O)ON. The molecule has 2 N–H and O–H groups in total. The molecule has 86 valence electrons. The minimum absolute atomic E-state index is 0.457. The van der Waals surface area contributed by atoms with Gasteiger partial charge in [-0.3, -0.25) is 4.57 Å². The van der Waals surface area contributed by atoms with E-state index >= 15 is 0 Å². The molecule has 0 heterocycles. The van der Waals surface area contributed by atoms with Gasteiger partial charge >= 0.3 is 7.60 Å². The highest BCUT2D eigenvalue weighted by atomic mass is 31.2. The Bertz CT molecular complexity index is 187. The second kappa shape index (κ2) is 7.41. The summed E-state index contributed by atoms with van der Waals surface area (Å²) in [7, 11) is -2.99. The topological polar surface area (TPSA) is 61.5 Å². The van der Waals surface area contributed by atoms with Crippen LogP contribution in [-0.2, 0) is 13.7 Å². The van der Waals surface area contributed by atoms with Gasteiger partial charge in [-0.25, -0.2) is 10.5 Å². The maximum absolute atomic E-state index is 11.3.